The van der Waals surface area contributed by atoms with Crippen molar-refractivity contribution in [2.75, 3.05) is 6.54 Å². The van der Waals surface area contributed by atoms with E-state index in [0.717, 1.165) is 19.1 Å². The third kappa shape index (κ3) is 2.28. The second-order valence-electron chi connectivity index (χ2n) is 3.75. The average Bonchev–Trinajstić information content (AvgIpc) is 2.27. The first-order valence-electron chi connectivity index (χ1n) is 5.04. The number of aliphatic hydroxyl groups is 1. The Balaban J connectivity index is 3.35. The minimum Gasteiger partial charge on any atom is -0.377 e. The normalized spacial score (nSPS) is 15.7. The van der Waals surface area contributed by atoms with E-state index in [9.17, 15) is 22.7 Å². The molecule has 3 N–H and O–H groups in total. The van der Waals surface area contributed by atoms with Gasteiger partial charge in [0.05, 0.1) is 0 Å². The molecule has 0 spiro atoms. The van der Waals surface area contributed by atoms with Crippen LogP contribution in [0.3, 0.4) is 0 Å². The highest BCUT2D eigenvalue weighted by atomic mass is 19.3. The summed E-state index contributed by atoms with van der Waals surface area (Å²) in [4.78, 5) is 0. The van der Waals surface area contributed by atoms with Crippen LogP contribution in [0.1, 0.15) is 18.9 Å². The lowest BCUT2D eigenvalue weighted by Gasteiger charge is -2.34. The molecule has 0 aliphatic rings. The molecule has 0 amide bonds. The van der Waals surface area contributed by atoms with Crippen LogP contribution in [0.5, 0.6) is 0 Å². The molecule has 0 aliphatic carbocycles. The van der Waals surface area contributed by atoms with E-state index < -0.39 is 41.7 Å². The van der Waals surface area contributed by atoms with Crippen molar-refractivity contribution >= 4 is 0 Å². The summed E-state index contributed by atoms with van der Waals surface area (Å²) >= 11 is 0. The summed E-state index contributed by atoms with van der Waals surface area (Å²) in [5.74, 6) is -5.75. The number of nitrogens with two attached hydrogens (primary N) is 1. The summed E-state index contributed by atoms with van der Waals surface area (Å²) in [6.07, 6.45) is -0.711. The van der Waals surface area contributed by atoms with Gasteiger partial charge < -0.3 is 10.8 Å². The Hall–Kier alpha value is -1.14. The molecule has 0 fully saturated rings. The number of hydrogen-bond donors (Lipinski definition) is 2. The van der Waals surface area contributed by atoms with Crippen molar-refractivity contribution in [2.24, 2.45) is 5.73 Å². The average molecular weight is 251 g/mol. The Kier molecular flexibility index (Phi) is 3.78. The Morgan fingerprint density at radius 3 is 2.29 bits per heavy atom. The van der Waals surface area contributed by atoms with Crippen LogP contribution in [0, 0.1) is 11.6 Å². The van der Waals surface area contributed by atoms with Crippen LogP contribution in [0.25, 0.3) is 0 Å². The van der Waals surface area contributed by atoms with Gasteiger partial charge in [-0.15, -0.1) is 0 Å². The van der Waals surface area contributed by atoms with E-state index in [1.807, 2.05) is 0 Å². The van der Waals surface area contributed by atoms with E-state index in [1.165, 1.54) is 0 Å². The fourth-order valence-corrected chi connectivity index (χ4v) is 1.57. The standard InChI is InChI=1S/C11H13F4NO/c1-2-11(14,15)10(17,6-16)8-4-3-7(12)5-9(8)13/h3-5,17H,2,6,16H2,1H3. The van der Waals surface area contributed by atoms with Gasteiger partial charge in [-0.25, -0.2) is 17.6 Å². The highest BCUT2D eigenvalue weighted by Crippen LogP contribution is 2.40. The van der Waals surface area contributed by atoms with Crippen molar-refractivity contribution in [3.8, 4) is 0 Å². The van der Waals surface area contributed by atoms with Crippen LogP contribution in [-0.2, 0) is 5.60 Å². The largest absolute Gasteiger partial charge is 0.377 e. The minimum atomic E-state index is -3.60. The van der Waals surface area contributed by atoms with E-state index >= 15 is 0 Å². The maximum atomic E-state index is 13.6. The van der Waals surface area contributed by atoms with Crippen LogP contribution in [0.15, 0.2) is 18.2 Å². The molecular formula is C11H13F4NO. The monoisotopic (exact) mass is 251 g/mol. The smallest absolute Gasteiger partial charge is 0.281 e. The van der Waals surface area contributed by atoms with Gasteiger partial charge in [-0.2, -0.15) is 0 Å². The van der Waals surface area contributed by atoms with Gasteiger partial charge in [0.2, 0.25) is 0 Å². The number of benzene rings is 1. The van der Waals surface area contributed by atoms with E-state index in [4.69, 9.17) is 5.73 Å². The zero-order valence-electron chi connectivity index (χ0n) is 9.18. The Morgan fingerprint density at radius 1 is 1.29 bits per heavy atom. The molecule has 1 aromatic rings. The molecule has 1 aromatic carbocycles. The lowest BCUT2D eigenvalue weighted by molar-refractivity contribution is -0.184. The first-order chi connectivity index (χ1) is 7.78. The lowest BCUT2D eigenvalue weighted by atomic mass is 9.85. The second-order valence-corrected chi connectivity index (χ2v) is 3.75. The van der Waals surface area contributed by atoms with Crippen molar-refractivity contribution in [1.82, 2.24) is 0 Å². The first-order valence-corrected chi connectivity index (χ1v) is 5.04. The molecule has 0 saturated carbocycles. The van der Waals surface area contributed by atoms with Gasteiger partial charge in [-0.3, -0.25) is 0 Å². The molecule has 1 rings (SSSR count). The number of alkyl halides is 2. The number of halogens is 4. The van der Waals surface area contributed by atoms with Gasteiger partial charge in [-0.05, 0) is 6.07 Å². The van der Waals surface area contributed by atoms with Crippen LogP contribution in [0.4, 0.5) is 17.6 Å². The predicted molar refractivity (Wildman–Crippen MR) is 54.5 cm³/mol. The molecule has 0 aromatic heterocycles. The lowest BCUT2D eigenvalue weighted by Crippen LogP contribution is -2.51. The van der Waals surface area contributed by atoms with Gasteiger partial charge in [-0.1, -0.05) is 13.0 Å². The van der Waals surface area contributed by atoms with Crippen LogP contribution in [-0.4, -0.2) is 17.6 Å². The molecule has 1 atom stereocenters. The van der Waals surface area contributed by atoms with E-state index in [0.29, 0.717) is 6.07 Å². The summed E-state index contributed by atoms with van der Waals surface area (Å²) in [6, 6.07) is 2.01. The summed E-state index contributed by atoms with van der Waals surface area (Å²) in [5.41, 5.74) is 1.58. The van der Waals surface area contributed by atoms with E-state index in [-0.39, 0.29) is 0 Å². The summed E-state index contributed by atoms with van der Waals surface area (Å²) in [7, 11) is 0. The second kappa shape index (κ2) is 4.62. The van der Waals surface area contributed by atoms with Crippen molar-refractivity contribution < 1.29 is 22.7 Å². The van der Waals surface area contributed by atoms with Crippen molar-refractivity contribution in [3.63, 3.8) is 0 Å². The fraction of sp³-hybridized carbons (Fsp3) is 0.455. The quantitative estimate of drug-likeness (QED) is 0.805. The van der Waals surface area contributed by atoms with Crippen LogP contribution in [0.2, 0.25) is 0 Å². The van der Waals surface area contributed by atoms with Gasteiger partial charge in [0.25, 0.3) is 5.92 Å². The SMILES string of the molecule is CCC(F)(F)C(O)(CN)c1ccc(F)cc1F. The molecule has 2 nitrogen and oxygen atoms in total. The molecular weight excluding hydrogens is 238 g/mol. The third-order valence-corrected chi connectivity index (χ3v) is 2.72. The zero-order valence-corrected chi connectivity index (χ0v) is 9.18. The van der Waals surface area contributed by atoms with Crippen LogP contribution >= 0.6 is 0 Å². The van der Waals surface area contributed by atoms with Crippen molar-refractivity contribution in [3.05, 3.63) is 35.4 Å². The fourth-order valence-electron chi connectivity index (χ4n) is 1.57. The molecule has 0 radical (unpaired) electrons. The Labute approximate surface area is 96.1 Å². The summed E-state index contributed by atoms with van der Waals surface area (Å²) < 4.78 is 53.2. The number of rotatable bonds is 4. The van der Waals surface area contributed by atoms with E-state index in [1.54, 1.807) is 0 Å². The summed E-state index contributed by atoms with van der Waals surface area (Å²) in [6.45, 7) is 0.276. The van der Waals surface area contributed by atoms with Gasteiger partial charge in [0.15, 0.2) is 5.60 Å². The highest BCUT2D eigenvalue weighted by Gasteiger charge is 2.52. The molecule has 0 heterocycles. The van der Waals surface area contributed by atoms with E-state index in [2.05, 4.69) is 0 Å². The molecule has 0 saturated heterocycles. The molecule has 1 unspecified atom stereocenters. The van der Waals surface area contributed by atoms with Crippen molar-refractivity contribution in [1.29, 1.82) is 0 Å². The van der Waals surface area contributed by atoms with Gasteiger partial charge >= 0.3 is 0 Å². The maximum absolute atomic E-state index is 13.6. The maximum Gasteiger partial charge on any atom is 0.281 e. The summed E-state index contributed by atoms with van der Waals surface area (Å²) in [5, 5.41) is 9.85. The number of hydrogen-bond acceptors (Lipinski definition) is 2. The Morgan fingerprint density at radius 2 is 1.88 bits per heavy atom. The topological polar surface area (TPSA) is 46.2 Å². The first kappa shape index (κ1) is 13.9. The molecule has 0 aliphatic heterocycles. The van der Waals surface area contributed by atoms with Crippen molar-refractivity contribution in [2.45, 2.75) is 24.9 Å². The zero-order chi connectivity index (χ0) is 13.3. The van der Waals surface area contributed by atoms with Crippen LogP contribution < -0.4 is 5.73 Å². The predicted octanol–water partition coefficient (Wildman–Crippen LogP) is 2.16. The molecule has 96 valence electrons. The minimum absolute atomic E-state index is 0.432. The highest BCUT2D eigenvalue weighted by molar-refractivity contribution is 5.28. The molecule has 6 heteroatoms. The van der Waals surface area contributed by atoms with Gasteiger partial charge in [0, 0.05) is 24.6 Å². The molecule has 17 heavy (non-hydrogen) atoms. The molecule has 0 bridgehead atoms. The Bertz CT molecular complexity index is 410. The van der Waals surface area contributed by atoms with Gasteiger partial charge in [0.1, 0.15) is 11.6 Å². The third-order valence-electron chi connectivity index (χ3n) is 2.72.